The SMILES string of the molecule is CN(CC(=O)N1CCCC1)c1nnc(Cl)c2ccccc12. The van der Waals surface area contributed by atoms with E-state index in [1.54, 1.807) is 0 Å². The summed E-state index contributed by atoms with van der Waals surface area (Å²) in [5, 5.41) is 10.3. The summed E-state index contributed by atoms with van der Waals surface area (Å²) < 4.78 is 0. The van der Waals surface area contributed by atoms with Crippen LogP contribution in [0.3, 0.4) is 0 Å². The zero-order chi connectivity index (χ0) is 14.8. The van der Waals surface area contributed by atoms with Gasteiger partial charge in [0.25, 0.3) is 0 Å². The molecule has 1 saturated heterocycles. The number of carbonyl (C=O) groups excluding carboxylic acids is 1. The van der Waals surface area contributed by atoms with Crippen molar-refractivity contribution < 1.29 is 4.79 Å². The minimum Gasteiger partial charge on any atom is -0.348 e. The molecule has 2 heterocycles. The lowest BCUT2D eigenvalue weighted by atomic mass is 10.2. The Hall–Kier alpha value is -1.88. The molecule has 5 nitrogen and oxygen atoms in total. The maximum absolute atomic E-state index is 12.2. The van der Waals surface area contributed by atoms with Gasteiger partial charge in [-0.3, -0.25) is 4.79 Å². The molecule has 2 aromatic rings. The zero-order valence-corrected chi connectivity index (χ0v) is 12.7. The van der Waals surface area contributed by atoms with Gasteiger partial charge >= 0.3 is 0 Å². The predicted octanol–water partition coefficient (Wildman–Crippen LogP) is 2.34. The maximum atomic E-state index is 12.2. The molecule has 1 aliphatic heterocycles. The van der Waals surface area contributed by atoms with Gasteiger partial charge in [-0.25, -0.2) is 0 Å². The lowest BCUT2D eigenvalue weighted by Crippen LogP contribution is -2.37. The van der Waals surface area contributed by atoms with Crippen molar-refractivity contribution >= 4 is 34.1 Å². The molecule has 0 unspecified atom stereocenters. The number of hydrogen-bond donors (Lipinski definition) is 0. The Kier molecular flexibility index (Phi) is 3.92. The molecule has 0 atom stereocenters. The quantitative estimate of drug-likeness (QED) is 0.873. The molecule has 0 radical (unpaired) electrons. The Labute approximate surface area is 128 Å². The topological polar surface area (TPSA) is 49.3 Å². The van der Waals surface area contributed by atoms with E-state index in [0.29, 0.717) is 17.5 Å². The van der Waals surface area contributed by atoms with Crippen molar-refractivity contribution in [3.8, 4) is 0 Å². The summed E-state index contributed by atoms with van der Waals surface area (Å²) in [6.07, 6.45) is 2.19. The lowest BCUT2D eigenvalue weighted by molar-refractivity contribution is -0.128. The Bertz CT molecular complexity index is 670. The van der Waals surface area contributed by atoms with E-state index in [2.05, 4.69) is 10.2 Å². The van der Waals surface area contributed by atoms with Crippen LogP contribution >= 0.6 is 11.6 Å². The molecule has 1 amide bonds. The van der Waals surface area contributed by atoms with Crippen molar-refractivity contribution in [1.29, 1.82) is 0 Å². The van der Waals surface area contributed by atoms with Crippen LogP contribution in [0.15, 0.2) is 24.3 Å². The fraction of sp³-hybridized carbons (Fsp3) is 0.400. The van der Waals surface area contributed by atoms with Crippen molar-refractivity contribution in [2.45, 2.75) is 12.8 Å². The predicted molar refractivity (Wildman–Crippen MR) is 83.6 cm³/mol. The van der Waals surface area contributed by atoms with Crippen molar-refractivity contribution in [3.05, 3.63) is 29.4 Å². The number of likely N-dealkylation sites (N-methyl/N-ethyl adjacent to an activating group) is 1. The van der Waals surface area contributed by atoms with Gasteiger partial charge in [0, 0.05) is 30.9 Å². The molecule has 0 saturated carbocycles. The summed E-state index contributed by atoms with van der Waals surface area (Å²) in [5.74, 6) is 0.818. The number of aromatic nitrogens is 2. The van der Waals surface area contributed by atoms with Crippen LogP contribution in [-0.2, 0) is 4.79 Å². The van der Waals surface area contributed by atoms with E-state index in [-0.39, 0.29) is 5.91 Å². The van der Waals surface area contributed by atoms with E-state index < -0.39 is 0 Å². The van der Waals surface area contributed by atoms with E-state index in [1.807, 2.05) is 41.1 Å². The fourth-order valence-corrected chi connectivity index (χ4v) is 2.89. The van der Waals surface area contributed by atoms with Crippen molar-refractivity contribution in [2.75, 3.05) is 31.6 Å². The minimum absolute atomic E-state index is 0.135. The number of amides is 1. The number of nitrogens with zero attached hydrogens (tertiary/aromatic N) is 4. The Morgan fingerprint density at radius 2 is 1.90 bits per heavy atom. The minimum atomic E-state index is 0.135. The van der Waals surface area contributed by atoms with E-state index in [0.717, 1.165) is 36.7 Å². The summed E-state index contributed by atoms with van der Waals surface area (Å²) in [7, 11) is 1.86. The first-order valence-corrected chi connectivity index (χ1v) is 7.44. The van der Waals surface area contributed by atoms with Gasteiger partial charge in [0.1, 0.15) is 0 Å². The number of hydrogen-bond acceptors (Lipinski definition) is 4. The Balaban J connectivity index is 1.86. The highest BCUT2D eigenvalue weighted by atomic mass is 35.5. The summed E-state index contributed by atoms with van der Waals surface area (Å²) in [6.45, 7) is 2.03. The molecule has 0 N–H and O–H groups in total. The van der Waals surface area contributed by atoms with Gasteiger partial charge in [0.05, 0.1) is 6.54 Å². The van der Waals surface area contributed by atoms with Crippen LogP contribution in [0.2, 0.25) is 5.15 Å². The number of anilines is 1. The van der Waals surface area contributed by atoms with Crippen molar-refractivity contribution in [3.63, 3.8) is 0 Å². The fourth-order valence-electron chi connectivity index (χ4n) is 2.68. The Morgan fingerprint density at radius 1 is 1.24 bits per heavy atom. The van der Waals surface area contributed by atoms with E-state index in [9.17, 15) is 4.79 Å². The molecule has 110 valence electrons. The highest BCUT2D eigenvalue weighted by Crippen LogP contribution is 2.27. The second-order valence-electron chi connectivity index (χ2n) is 5.30. The second kappa shape index (κ2) is 5.85. The van der Waals surface area contributed by atoms with Crippen molar-refractivity contribution in [1.82, 2.24) is 15.1 Å². The molecule has 6 heteroatoms. The second-order valence-corrected chi connectivity index (χ2v) is 5.66. The van der Waals surface area contributed by atoms with Crippen LogP contribution in [0, 0.1) is 0 Å². The molecule has 1 fully saturated rings. The lowest BCUT2D eigenvalue weighted by Gasteiger charge is -2.22. The maximum Gasteiger partial charge on any atom is 0.242 e. The third-order valence-electron chi connectivity index (χ3n) is 3.82. The number of benzene rings is 1. The smallest absolute Gasteiger partial charge is 0.242 e. The molecule has 1 aromatic heterocycles. The molecule has 0 bridgehead atoms. The van der Waals surface area contributed by atoms with Crippen LogP contribution in [0.5, 0.6) is 0 Å². The monoisotopic (exact) mass is 304 g/mol. The number of carbonyl (C=O) groups is 1. The first-order valence-electron chi connectivity index (χ1n) is 7.06. The van der Waals surface area contributed by atoms with E-state index >= 15 is 0 Å². The standard InChI is InChI=1S/C15H17ClN4O/c1-19(10-13(21)20-8-4-5-9-20)15-12-7-3-2-6-11(12)14(16)17-18-15/h2-3,6-7H,4-5,8-10H2,1H3. The molecule has 0 spiro atoms. The number of likely N-dealkylation sites (tertiary alicyclic amines) is 1. The molecule has 21 heavy (non-hydrogen) atoms. The largest absolute Gasteiger partial charge is 0.348 e. The summed E-state index contributed by atoms with van der Waals surface area (Å²) >= 11 is 6.08. The highest BCUT2D eigenvalue weighted by Gasteiger charge is 2.20. The van der Waals surface area contributed by atoms with Gasteiger partial charge in [-0.05, 0) is 12.8 Å². The van der Waals surface area contributed by atoms with Gasteiger partial charge in [-0.15, -0.1) is 10.2 Å². The molecular weight excluding hydrogens is 288 g/mol. The molecule has 0 aliphatic carbocycles. The summed E-state index contributed by atoms with van der Waals surface area (Å²) in [5.41, 5.74) is 0. The van der Waals surface area contributed by atoms with E-state index in [4.69, 9.17) is 11.6 Å². The van der Waals surface area contributed by atoms with Crippen LogP contribution in [0.1, 0.15) is 12.8 Å². The number of fused-ring (bicyclic) bond motifs is 1. The van der Waals surface area contributed by atoms with Gasteiger partial charge < -0.3 is 9.80 Å². The first kappa shape index (κ1) is 14.1. The first-order chi connectivity index (χ1) is 10.2. The number of rotatable bonds is 3. The van der Waals surface area contributed by atoms with Gasteiger partial charge in [-0.2, -0.15) is 0 Å². The normalized spacial score (nSPS) is 14.7. The van der Waals surface area contributed by atoms with Crippen LogP contribution in [0.4, 0.5) is 5.82 Å². The molecule has 1 aliphatic rings. The highest BCUT2D eigenvalue weighted by molar-refractivity contribution is 6.34. The average molecular weight is 305 g/mol. The average Bonchev–Trinajstić information content (AvgIpc) is 3.02. The summed E-state index contributed by atoms with van der Waals surface area (Å²) in [6, 6.07) is 7.70. The zero-order valence-electron chi connectivity index (χ0n) is 11.9. The molecule has 1 aromatic carbocycles. The van der Waals surface area contributed by atoms with E-state index in [1.165, 1.54) is 0 Å². The van der Waals surface area contributed by atoms with Gasteiger partial charge in [0.15, 0.2) is 11.0 Å². The van der Waals surface area contributed by atoms with Crippen LogP contribution in [-0.4, -0.2) is 47.7 Å². The van der Waals surface area contributed by atoms with Crippen LogP contribution < -0.4 is 4.90 Å². The molecule has 3 rings (SSSR count). The molecular formula is C15H17ClN4O. The van der Waals surface area contributed by atoms with Crippen molar-refractivity contribution in [2.24, 2.45) is 0 Å². The van der Waals surface area contributed by atoms with Crippen LogP contribution in [0.25, 0.3) is 10.8 Å². The third-order valence-corrected chi connectivity index (χ3v) is 4.09. The van der Waals surface area contributed by atoms with Gasteiger partial charge in [0.2, 0.25) is 5.91 Å². The van der Waals surface area contributed by atoms with Gasteiger partial charge in [-0.1, -0.05) is 35.9 Å². The third kappa shape index (κ3) is 2.78. The Morgan fingerprint density at radius 3 is 2.62 bits per heavy atom. The summed E-state index contributed by atoms with van der Waals surface area (Å²) in [4.78, 5) is 16.0. The number of halogens is 1.